The summed E-state index contributed by atoms with van der Waals surface area (Å²) in [5.74, 6) is 1.36. The van der Waals surface area contributed by atoms with Gasteiger partial charge in [-0.1, -0.05) is 32.0 Å². The van der Waals surface area contributed by atoms with Gasteiger partial charge in [-0.25, -0.2) is 4.79 Å². The molecule has 7 nitrogen and oxygen atoms in total. The van der Waals surface area contributed by atoms with E-state index >= 15 is 0 Å². The number of unbranched alkanes of at least 4 members (excludes halogenated alkanes) is 1. The Hall–Kier alpha value is -2.09. The molecule has 3 atom stereocenters. The Balaban J connectivity index is 1.90. The third-order valence-electron chi connectivity index (χ3n) is 7.09. The van der Waals surface area contributed by atoms with E-state index < -0.39 is 5.60 Å². The van der Waals surface area contributed by atoms with Gasteiger partial charge in [0.15, 0.2) is 0 Å². The summed E-state index contributed by atoms with van der Waals surface area (Å²) >= 11 is 0. The highest BCUT2D eigenvalue weighted by molar-refractivity contribution is 5.82. The molecule has 1 saturated heterocycles. The van der Waals surface area contributed by atoms with Crippen molar-refractivity contribution in [1.29, 1.82) is 0 Å². The second kappa shape index (κ2) is 12.7. The average Bonchev–Trinajstić information content (AvgIpc) is 3.23. The second-order valence-corrected chi connectivity index (χ2v) is 10.6. The maximum atomic E-state index is 13.0. The normalized spacial score (nSPS) is 19.2. The lowest BCUT2D eigenvalue weighted by Gasteiger charge is -2.43. The number of para-hydroxylation sites is 1. The van der Waals surface area contributed by atoms with Crippen molar-refractivity contribution in [3.63, 3.8) is 0 Å². The predicted octanol–water partition coefficient (Wildman–Crippen LogP) is 4.67. The van der Waals surface area contributed by atoms with Gasteiger partial charge in [0.2, 0.25) is 0 Å². The van der Waals surface area contributed by atoms with E-state index in [1.165, 1.54) is 0 Å². The Morgan fingerprint density at radius 3 is 2.83 bits per heavy atom. The van der Waals surface area contributed by atoms with E-state index in [0.717, 1.165) is 54.4 Å². The van der Waals surface area contributed by atoms with E-state index in [1.54, 1.807) is 7.11 Å². The van der Waals surface area contributed by atoms with Gasteiger partial charge in [0, 0.05) is 62.7 Å². The minimum atomic E-state index is -1.09. The van der Waals surface area contributed by atoms with Gasteiger partial charge >= 0.3 is 6.03 Å². The summed E-state index contributed by atoms with van der Waals surface area (Å²) in [4.78, 5) is 14.8. The third-order valence-corrected chi connectivity index (χ3v) is 7.09. The summed E-state index contributed by atoms with van der Waals surface area (Å²) in [6, 6.07) is 8.16. The predicted molar refractivity (Wildman–Crippen MR) is 141 cm³/mol. The Labute approximate surface area is 210 Å². The molecule has 1 aromatic carbocycles. The molecule has 2 amide bonds. The van der Waals surface area contributed by atoms with E-state index in [2.05, 4.69) is 36.6 Å². The van der Waals surface area contributed by atoms with Gasteiger partial charge in [0.1, 0.15) is 11.3 Å². The molecule has 1 aliphatic heterocycles. The number of nitrogens with one attached hydrogen (secondary N) is 2. The van der Waals surface area contributed by atoms with Crippen molar-refractivity contribution in [2.75, 3.05) is 40.4 Å². The minimum absolute atomic E-state index is 0.0389. The summed E-state index contributed by atoms with van der Waals surface area (Å²) in [6.07, 6.45) is 4.92. The standard InChI is InChI=1S/C28H45N3O4/c1-20(2)16-24-17-22-10-8-12-25(26(22)35-24)28(33,13-6-7-15-34-5)23-11-9-14-31(19-23)27(32)30-21(3)18-29-4/h8,10,12,17,20-21,23,29,33H,6-7,9,11,13-16,18-19H2,1-5H3,(H,30,32). The lowest BCUT2D eigenvalue weighted by Crippen LogP contribution is -2.53. The number of furan rings is 1. The van der Waals surface area contributed by atoms with Gasteiger partial charge < -0.3 is 29.8 Å². The van der Waals surface area contributed by atoms with E-state index in [0.29, 0.717) is 38.6 Å². The molecule has 0 bridgehead atoms. The number of rotatable bonds is 12. The number of nitrogens with zero attached hydrogens (tertiary/aromatic N) is 1. The van der Waals surface area contributed by atoms with Crippen molar-refractivity contribution < 1.29 is 19.1 Å². The molecule has 196 valence electrons. The monoisotopic (exact) mass is 487 g/mol. The molecule has 1 fully saturated rings. The number of methoxy groups -OCH3 is 1. The van der Waals surface area contributed by atoms with Crippen LogP contribution in [0.3, 0.4) is 0 Å². The smallest absolute Gasteiger partial charge is 0.317 e. The lowest BCUT2D eigenvalue weighted by molar-refractivity contribution is -0.0558. The number of piperidine rings is 1. The quantitative estimate of drug-likeness (QED) is 0.379. The molecule has 2 heterocycles. The fourth-order valence-electron chi connectivity index (χ4n) is 5.37. The number of hydrogen-bond acceptors (Lipinski definition) is 5. The topological polar surface area (TPSA) is 87.0 Å². The van der Waals surface area contributed by atoms with Crippen molar-refractivity contribution in [3.05, 3.63) is 35.6 Å². The Kier molecular flexibility index (Phi) is 10.0. The molecule has 7 heteroatoms. The number of likely N-dealkylation sites (tertiary alicyclic amines) is 1. The van der Waals surface area contributed by atoms with Crippen molar-refractivity contribution >= 4 is 17.0 Å². The molecule has 0 spiro atoms. The molecule has 3 unspecified atom stereocenters. The van der Waals surface area contributed by atoms with Crippen LogP contribution in [0.25, 0.3) is 11.0 Å². The van der Waals surface area contributed by atoms with Gasteiger partial charge in [-0.05, 0) is 58.1 Å². The number of urea groups is 1. The van der Waals surface area contributed by atoms with Crippen LogP contribution >= 0.6 is 0 Å². The summed E-state index contributed by atoms with van der Waals surface area (Å²) in [5.41, 5.74) is 0.537. The van der Waals surface area contributed by atoms with Gasteiger partial charge in [0.25, 0.3) is 0 Å². The Morgan fingerprint density at radius 1 is 1.31 bits per heavy atom. The third kappa shape index (κ3) is 6.99. The lowest BCUT2D eigenvalue weighted by atomic mass is 9.73. The molecule has 0 saturated carbocycles. The Bertz CT molecular complexity index is 943. The molecular weight excluding hydrogens is 442 g/mol. The van der Waals surface area contributed by atoms with Gasteiger partial charge in [-0.3, -0.25) is 0 Å². The highest BCUT2D eigenvalue weighted by Gasteiger charge is 2.43. The molecule has 1 aromatic heterocycles. The summed E-state index contributed by atoms with van der Waals surface area (Å²) in [6.45, 7) is 8.97. The maximum Gasteiger partial charge on any atom is 0.317 e. The first kappa shape index (κ1) is 27.5. The van der Waals surface area contributed by atoms with Gasteiger partial charge in [-0.15, -0.1) is 0 Å². The number of hydrogen-bond donors (Lipinski definition) is 3. The van der Waals surface area contributed by atoms with Crippen LogP contribution in [0.5, 0.6) is 0 Å². The summed E-state index contributed by atoms with van der Waals surface area (Å²) in [7, 11) is 3.59. The zero-order chi connectivity index (χ0) is 25.4. The molecule has 2 aromatic rings. The fourth-order valence-corrected chi connectivity index (χ4v) is 5.37. The summed E-state index contributed by atoms with van der Waals surface area (Å²) in [5, 5.41) is 19.6. The number of ether oxygens (including phenoxy) is 1. The van der Waals surface area contributed by atoms with Crippen LogP contribution in [0.4, 0.5) is 4.79 Å². The van der Waals surface area contributed by atoms with E-state index in [-0.39, 0.29) is 18.0 Å². The first-order chi connectivity index (χ1) is 16.8. The van der Waals surface area contributed by atoms with Crippen LogP contribution in [0.1, 0.15) is 64.2 Å². The number of carbonyl (C=O) groups excluding carboxylic acids is 1. The molecule has 35 heavy (non-hydrogen) atoms. The zero-order valence-electron chi connectivity index (χ0n) is 22.2. The van der Waals surface area contributed by atoms with E-state index in [9.17, 15) is 9.90 Å². The SMILES string of the molecule is CNCC(C)NC(=O)N1CCCC(C(O)(CCCCOC)c2cccc3cc(CC(C)C)oc23)C1. The van der Waals surface area contributed by atoms with E-state index in [4.69, 9.17) is 9.15 Å². The van der Waals surface area contributed by atoms with Crippen LogP contribution < -0.4 is 10.6 Å². The maximum absolute atomic E-state index is 13.0. The first-order valence-corrected chi connectivity index (χ1v) is 13.2. The van der Waals surface area contributed by atoms with Gasteiger partial charge in [-0.2, -0.15) is 0 Å². The number of aliphatic hydroxyl groups is 1. The number of likely N-dealkylation sites (N-methyl/N-ethyl adjacent to an activating group) is 1. The zero-order valence-corrected chi connectivity index (χ0v) is 22.2. The molecule has 3 rings (SSSR count). The van der Waals surface area contributed by atoms with Crippen molar-refractivity contribution in [1.82, 2.24) is 15.5 Å². The molecular formula is C28H45N3O4. The average molecular weight is 488 g/mol. The van der Waals surface area contributed by atoms with Crippen LogP contribution in [0, 0.1) is 11.8 Å². The van der Waals surface area contributed by atoms with Crippen molar-refractivity contribution in [3.8, 4) is 0 Å². The van der Waals surface area contributed by atoms with Crippen molar-refractivity contribution in [2.45, 2.75) is 70.9 Å². The number of amides is 2. The van der Waals surface area contributed by atoms with Crippen LogP contribution in [0.15, 0.2) is 28.7 Å². The Morgan fingerprint density at radius 2 is 2.11 bits per heavy atom. The summed E-state index contributed by atoms with van der Waals surface area (Å²) < 4.78 is 11.6. The van der Waals surface area contributed by atoms with Crippen molar-refractivity contribution in [2.24, 2.45) is 11.8 Å². The van der Waals surface area contributed by atoms with Crippen LogP contribution in [0.2, 0.25) is 0 Å². The molecule has 0 radical (unpaired) electrons. The van der Waals surface area contributed by atoms with Crippen LogP contribution in [-0.4, -0.2) is 62.5 Å². The molecule has 0 aliphatic carbocycles. The number of benzene rings is 1. The first-order valence-electron chi connectivity index (χ1n) is 13.2. The largest absolute Gasteiger partial charge is 0.461 e. The minimum Gasteiger partial charge on any atom is -0.461 e. The fraction of sp³-hybridized carbons (Fsp3) is 0.679. The number of fused-ring (bicyclic) bond motifs is 1. The second-order valence-electron chi connectivity index (χ2n) is 10.6. The van der Waals surface area contributed by atoms with Gasteiger partial charge in [0.05, 0.1) is 5.60 Å². The van der Waals surface area contributed by atoms with E-state index in [1.807, 2.05) is 31.0 Å². The number of carbonyl (C=O) groups is 1. The molecule has 3 N–H and O–H groups in total. The highest BCUT2D eigenvalue weighted by Crippen LogP contribution is 2.43. The highest BCUT2D eigenvalue weighted by atomic mass is 16.5. The molecule has 1 aliphatic rings. The van der Waals surface area contributed by atoms with Crippen LogP contribution in [-0.2, 0) is 16.8 Å².